The van der Waals surface area contributed by atoms with Crippen molar-refractivity contribution in [3.63, 3.8) is 0 Å². The van der Waals surface area contributed by atoms with E-state index in [-0.39, 0.29) is 23.6 Å². The number of nitrogens with one attached hydrogen (secondary N) is 1. The van der Waals surface area contributed by atoms with Crippen molar-refractivity contribution in [1.29, 1.82) is 0 Å². The van der Waals surface area contributed by atoms with Crippen LogP contribution < -0.4 is 5.32 Å². The lowest BCUT2D eigenvalue weighted by molar-refractivity contribution is 0.101. The third kappa shape index (κ3) is 3.21. The molecule has 0 bridgehead atoms. The molecule has 1 amide bonds. The minimum Gasteiger partial charge on any atom is -0.505 e. The van der Waals surface area contributed by atoms with Gasteiger partial charge in [0.1, 0.15) is 5.82 Å². The summed E-state index contributed by atoms with van der Waals surface area (Å²) in [6.45, 7) is 0. The Morgan fingerprint density at radius 3 is 2.67 bits per heavy atom. The van der Waals surface area contributed by atoms with Crippen LogP contribution in [0.4, 0.5) is 14.5 Å². The topological polar surface area (TPSA) is 75.4 Å². The number of phenols is 1. The summed E-state index contributed by atoms with van der Waals surface area (Å²) >= 11 is 5.75. The molecule has 0 atom stereocenters. The van der Waals surface area contributed by atoms with E-state index in [1.54, 1.807) is 0 Å². The molecule has 1 aromatic heterocycles. The number of halogens is 3. The molecule has 0 unspecified atom stereocenters. The molecule has 0 aliphatic heterocycles. The van der Waals surface area contributed by atoms with Crippen molar-refractivity contribution >= 4 is 23.2 Å². The van der Waals surface area contributed by atoms with Crippen molar-refractivity contribution in [3.05, 3.63) is 64.8 Å². The minimum atomic E-state index is -0.785. The number of rotatable bonds is 3. The Labute approximate surface area is 141 Å². The molecule has 0 radical (unpaired) electrons. The lowest BCUT2D eigenvalue weighted by atomic mass is 10.1. The van der Waals surface area contributed by atoms with Crippen molar-refractivity contribution < 1.29 is 24.6 Å². The van der Waals surface area contributed by atoms with Gasteiger partial charge in [-0.05, 0) is 36.4 Å². The fourth-order valence-electron chi connectivity index (χ4n) is 1.96. The monoisotopic (exact) mass is 352 g/mol. The molecule has 0 saturated carbocycles. The highest BCUT2D eigenvalue weighted by Gasteiger charge is 2.16. The standard InChI is InChI=1S/C16H9ClF2N2O3.H2/c17-9-2-4-10(18)12(6-9)20-16(23)13-7-15(24-21-13)8-1-3-11(19)14(22)5-8;/h1-7,22H,(H,20,23);1H. The molecule has 3 rings (SSSR count). The molecule has 124 valence electrons. The number of carbonyl (C=O) groups is 1. The van der Waals surface area contributed by atoms with Crippen LogP contribution >= 0.6 is 11.6 Å². The predicted molar refractivity (Wildman–Crippen MR) is 85.0 cm³/mol. The number of hydrogen-bond acceptors (Lipinski definition) is 4. The molecule has 0 fully saturated rings. The van der Waals surface area contributed by atoms with Gasteiger partial charge in [-0.25, -0.2) is 8.78 Å². The Kier molecular flexibility index (Phi) is 4.18. The number of hydrogen-bond donors (Lipinski definition) is 2. The molecular formula is C16H11ClF2N2O3. The average molecular weight is 353 g/mol. The molecule has 24 heavy (non-hydrogen) atoms. The zero-order chi connectivity index (χ0) is 17.3. The summed E-state index contributed by atoms with van der Waals surface area (Å²) in [5, 5.41) is 15.5. The van der Waals surface area contributed by atoms with Gasteiger partial charge in [-0.1, -0.05) is 16.8 Å². The first-order valence-corrected chi connectivity index (χ1v) is 7.04. The summed E-state index contributed by atoms with van der Waals surface area (Å²) in [6, 6.07) is 8.55. The van der Waals surface area contributed by atoms with Crippen LogP contribution in [-0.4, -0.2) is 16.2 Å². The third-order valence-corrected chi connectivity index (χ3v) is 3.39. The molecule has 5 nitrogen and oxygen atoms in total. The van der Waals surface area contributed by atoms with Gasteiger partial charge in [-0.15, -0.1) is 0 Å². The molecule has 3 aromatic rings. The van der Waals surface area contributed by atoms with Gasteiger partial charge < -0.3 is 14.9 Å². The molecule has 0 spiro atoms. The van der Waals surface area contributed by atoms with Crippen LogP contribution in [0.1, 0.15) is 11.9 Å². The molecule has 1 heterocycles. The van der Waals surface area contributed by atoms with Gasteiger partial charge in [0.25, 0.3) is 5.91 Å². The Bertz CT molecular complexity index is 933. The van der Waals surface area contributed by atoms with Crippen LogP contribution in [-0.2, 0) is 0 Å². The van der Waals surface area contributed by atoms with Crippen LogP contribution in [0.3, 0.4) is 0 Å². The first kappa shape index (κ1) is 15.9. The second kappa shape index (κ2) is 6.29. The minimum absolute atomic E-state index is 0. The number of aromatic nitrogens is 1. The number of anilines is 1. The number of benzene rings is 2. The highest BCUT2D eigenvalue weighted by atomic mass is 35.5. The molecule has 2 N–H and O–H groups in total. The van der Waals surface area contributed by atoms with E-state index in [4.69, 9.17) is 16.1 Å². The van der Waals surface area contributed by atoms with Gasteiger partial charge in [-0.2, -0.15) is 0 Å². The second-order valence-electron chi connectivity index (χ2n) is 4.82. The number of carbonyl (C=O) groups excluding carboxylic acids is 1. The third-order valence-electron chi connectivity index (χ3n) is 3.15. The molecule has 0 aliphatic carbocycles. The summed E-state index contributed by atoms with van der Waals surface area (Å²) in [6.07, 6.45) is 0. The fourth-order valence-corrected chi connectivity index (χ4v) is 2.14. The highest BCUT2D eigenvalue weighted by Crippen LogP contribution is 2.26. The van der Waals surface area contributed by atoms with Crippen LogP contribution in [0.5, 0.6) is 5.75 Å². The summed E-state index contributed by atoms with van der Waals surface area (Å²) < 4.78 is 31.7. The van der Waals surface area contributed by atoms with E-state index >= 15 is 0 Å². The van der Waals surface area contributed by atoms with Crippen molar-refractivity contribution in [2.24, 2.45) is 0 Å². The Morgan fingerprint density at radius 1 is 1.17 bits per heavy atom. The van der Waals surface area contributed by atoms with Gasteiger partial charge in [0.15, 0.2) is 23.0 Å². The Morgan fingerprint density at radius 2 is 1.92 bits per heavy atom. The van der Waals surface area contributed by atoms with E-state index in [1.807, 2.05) is 0 Å². The quantitative estimate of drug-likeness (QED) is 0.729. The molecular weight excluding hydrogens is 342 g/mol. The largest absolute Gasteiger partial charge is 0.505 e. The van der Waals surface area contributed by atoms with E-state index in [2.05, 4.69) is 10.5 Å². The number of nitrogens with zero attached hydrogens (tertiary/aromatic N) is 1. The first-order valence-electron chi connectivity index (χ1n) is 6.66. The van der Waals surface area contributed by atoms with Gasteiger partial charge in [-0.3, -0.25) is 4.79 Å². The highest BCUT2D eigenvalue weighted by molar-refractivity contribution is 6.31. The van der Waals surface area contributed by atoms with Crippen molar-refractivity contribution in [3.8, 4) is 17.1 Å². The lowest BCUT2D eigenvalue weighted by Crippen LogP contribution is -2.13. The van der Waals surface area contributed by atoms with Crippen molar-refractivity contribution in [2.75, 3.05) is 5.32 Å². The smallest absolute Gasteiger partial charge is 0.277 e. The summed E-state index contributed by atoms with van der Waals surface area (Å²) in [4.78, 5) is 12.1. The van der Waals surface area contributed by atoms with Gasteiger partial charge >= 0.3 is 0 Å². The number of amides is 1. The van der Waals surface area contributed by atoms with E-state index in [0.29, 0.717) is 5.56 Å². The summed E-state index contributed by atoms with van der Waals surface area (Å²) in [5.74, 6) is -2.57. The SMILES string of the molecule is O=C(Nc1cc(Cl)ccc1F)c1cc(-c2ccc(F)c(O)c2)on1.[HH]. The maximum absolute atomic E-state index is 13.6. The van der Waals surface area contributed by atoms with Gasteiger partial charge in [0, 0.05) is 18.1 Å². The zero-order valence-electron chi connectivity index (χ0n) is 11.9. The normalized spacial score (nSPS) is 10.6. The van der Waals surface area contributed by atoms with Gasteiger partial charge in [0.2, 0.25) is 0 Å². The zero-order valence-corrected chi connectivity index (χ0v) is 12.6. The second-order valence-corrected chi connectivity index (χ2v) is 5.26. The van der Waals surface area contributed by atoms with E-state index in [1.165, 1.54) is 24.3 Å². The Balaban J connectivity index is 0.00000225. The van der Waals surface area contributed by atoms with Gasteiger partial charge in [0.05, 0.1) is 5.69 Å². The fraction of sp³-hybridized carbons (Fsp3) is 0. The van der Waals surface area contributed by atoms with E-state index < -0.39 is 23.3 Å². The maximum Gasteiger partial charge on any atom is 0.277 e. The van der Waals surface area contributed by atoms with Crippen molar-refractivity contribution in [1.82, 2.24) is 5.16 Å². The molecule has 8 heteroatoms. The number of aromatic hydroxyl groups is 1. The van der Waals surface area contributed by atoms with Crippen molar-refractivity contribution in [2.45, 2.75) is 0 Å². The predicted octanol–water partition coefficient (Wildman–Crippen LogP) is 4.48. The van der Waals surface area contributed by atoms with E-state index in [0.717, 1.165) is 18.2 Å². The summed E-state index contributed by atoms with van der Waals surface area (Å²) in [5.41, 5.74) is 0.110. The van der Waals surface area contributed by atoms with E-state index in [9.17, 15) is 18.7 Å². The molecule has 2 aromatic carbocycles. The molecule has 0 saturated heterocycles. The van der Waals surface area contributed by atoms with Crippen LogP contribution in [0.15, 0.2) is 47.0 Å². The van der Waals surface area contributed by atoms with Crippen LogP contribution in [0.2, 0.25) is 5.02 Å². The summed E-state index contributed by atoms with van der Waals surface area (Å²) in [7, 11) is 0. The first-order chi connectivity index (χ1) is 11.4. The van der Waals surface area contributed by atoms with Crippen LogP contribution in [0, 0.1) is 11.6 Å². The lowest BCUT2D eigenvalue weighted by Gasteiger charge is -2.04. The molecule has 0 aliphatic rings. The Hall–Kier alpha value is -2.93. The average Bonchev–Trinajstić information content (AvgIpc) is 3.03. The van der Waals surface area contributed by atoms with Crippen LogP contribution in [0.25, 0.3) is 11.3 Å². The maximum atomic E-state index is 13.6. The number of phenolic OH excluding ortho intramolecular Hbond substituents is 1.